The molecule has 1 aliphatic heterocycles. The SMILES string of the molecule is CC(O)(C(=O)O)C1C=CC=CS1. The molecule has 2 unspecified atom stereocenters. The summed E-state index contributed by atoms with van der Waals surface area (Å²) in [6, 6.07) is 0. The molecule has 0 fully saturated rings. The third-order valence-electron chi connectivity index (χ3n) is 1.69. The second kappa shape index (κ2) is 3.33. The van der Waals surface area contributed by atoms with E-state index >= 15 is 0 Å². The summed E-state index contributed by atoms with van der Waals surface area (Å²) in [5.41, 5.74) is -1.69. The van der Waals surface area contributed by atoms with Crippen LogP contribution in [0.1, 0.15) is 6.92 Å². The van der Waals surface area contributed by atoms with E-state index in [1.807, 2.05) is 0 Å². The lowest BCUT2D eigenvalue weighted by Crippen LogP contribution is -2.44. The van der Waals surface area contributed by atoms with Crippen molar-refractivity contribution in [3.05, 3.63) is 23.6 Å². The van der Waals surface area contributed by atoms with Crippen LogP contribution in [-0.4, -0.2) is 27.0 Å². The predicted molar refractivity (Wildman–Crippen MR) is 47.9 cm³/mol. The maximum Gasteiger partial charge on any atom is 0.336 e. The second-order valence-electron chi connectivity index (χ2n) is 2.72. The molecule has 4 heteroatoms. The van der Waals surface area contributed by atoms with Gasteiger partial charge in [-0.1, -0.05) is 18.2 Å². The Hall–Kier alpha value is -0.740. The monoisotopic (exact) mass is 186 g/mol. The van der Waals surface area contributed by atoms with Gasteiger partial charge in [-0.15, -0.1) is 11.8 Å². The minimum absolute atomic E-state index is 0.403. The third-order valence-corrected chi connectivity index (χ3v) is 2.91. The zero-order valence-electron chi connectivity index (χ0n) is 6.60. The molecule has 0 aromatic rings. The number of thioether (sulfide) groups is 1. The summed E-state index contributed by atoms with van der Waals surface area (Å²) in [6.45, 7) is 1.30. The number of carbonyl (C=O) groups is 1. The van der Waals surface area contributed by atoms with Crippen molar-refractivity contribution in [1.29, 1.82) is 0 Å². The number of allylic oxidation sites excluding steroid dienone is 2. The molecule has 2 N–H and O–H groups in total. The highest BCUT2D eigenvalue weighted by Crippen LogP contribution is 2.28. The van der Waals surface area contributed by atoms with Gasteiger partial charge in [0.15, 0.2) is 5.60 Å². The Morgan fingerprint density at radius 1 is 1.58 bits per heavy atom. The van der Waals surface area contributed by atoms with Crippen molar-refractivity contribution < 1.29 is 15.0 Å². The van der Waals surface area contributed by atoms with E-state index in [0.717, 1.165) is 0 Å². The molecule has 0 aromatic heterocycles. The van der Waals surface area contributed by atoms with Crippen molar-refractivity contribution in [1.82, 2.24) is 0 Å². The molecule has 1 rings (SSSR count). The molecular weight excluding hydrogens is 176 g/mol. The predicted octanol–water partition coefficient (Wildman–Crippen LogP) is 1.01. The quantitative estimate of drug-likeness (QED) is 0.675. The van der Waals surface area contributed by atoms with Gasteiger partial charge in [0.05, 0.1) is 5.25 Å². The Labute approximate surface area is 74.8 Å². The zero-order valence-corrected chi connectivity index (χ0v) is 7.41. The molecule has 2 atom stereocenters. The van der Waals surface area contributed by atoms with Crippen molar-refractivity contribution in [3.8, 4) is 0 Å². The molecule has 0 aromatic carbocycles. The first-order valence-corrected chi connectivity index (χ1v) is 4.44. The average molecular weight is 186 g/mol. The molecule has 0 radical (unpaired) electrons. The molecule has 0 spiro atoms. The van der Waals surface area contributed by atoms with E-state index in [0.29, 0.717) is 0 Å². The Balaban J connectivity index is 2.75. The molecule has 1 heterocycles. The Bertz CT molecular complexity index is 243. The zero-order chi connectivity index (χ0) is 9.19. The normalized spacial score (nSPS) is 26.7. The Kier molecular flexibility index (Phi) is 2.59. The summed E-state index contributed by atoms with van der Waals surface area (Å²) in [5, 5.41) is 19.5. The number of aliphatic carboxylic acids is 1. The molecular formula is C8H10O3S. The summed E-state index contributed by atoms with van der Waals surface area (Å²) < 4.78 is 0. The third kappa shape index (κ3) is 1.70. The number of carboxylic acid groups (broad SMARTS) is 1. The number of hydrogen-bond acceptors (Lipinski definition) is 3. The van der Waals surface area contributed by atoms with Gasteiger partial charge in [-0.25, -0.2) is 4.79 Å². The van der Waals surface area contributed by atoms with Crippen LogP contribution in [0.2, 0.25) is 0 Å². The maximum atomic E-state index is 10.6. The van der Waals surface area contributed by atoms with Gasteiger partial charge in [0.1, 0.15) is 0 Å². The second-order valence-corrected chi connectivity index (χ2v) is 3.77. The standard InChI is InChI=1S/C8H10O3S/c1-8(11,7(9)10)6-4-2-3-5-12-6/h2-6,11H,1H3,(H,9,10). The molecule has 0 saturated carbocycles. The van der Waals surface area contributed by atoms with Crippen LogP contribution in [-0.2, 0) is 4.79 Å². The lowest BCUT2D eigenvalue weighted by Gasteiger charge is -2.25. The van der Waals surface area contributed by atoms with E-state index in [1.165, 1.54) is 18.7 Å². The number of hydrogen-bond donors (Lipinski definition) is 2. The smallest absolute Gasteiger partial charge is 0.336 e. The summed E-state index contributed by atoms with van der Waals surface area (Å²) in [6.07, 6.45) is 5.22. The molecule has 0 amide bonds. The van der Waals surface area contributed by atoms with Crippen molar-refractivity contribution in [2.24, 2.45) is 0 Å². The van der Waals surface area contributed by atoms with E-state index in [1.54, 1.807) is 23.6 Å². The fourth-order valence-electron chi connectivity index (χ4n) is 0.827. The Morgan fingerprint density at radius 3 is 2.67 bits per heavy atom. The average Bonchev–Trinajstić information content (AvgIpc) is 2.06. The minimum atomic E-state index is -1.69. The van der Waals surface area contributed by atoms with Crippen molar-refractivity contribution >= 4 is 17.7 Å². The van der Waals surface area contributed by atoms with Gasteiger partial charge in [-0.2, -0.15) is 0 Å². The van der Waals surface area contributed by atoms with Crippen molar-refractivity contribution in [2.45, 2.75) is 17.8 Å². The minimum Gasteiger partial charge on any atom is -0.479 e. The van der Waals surface area contributed by atoms with Crippen LogP contribution in [0.15, 0.2) is 23.6 Å². The van der Waals surface area contributed by atoms with Crippen LogP contribution in [0.5, 0.6) is 0 Å². The van der Waals surface area contributed by atoms with Crippen LogP contribution >= 0.6 is 11.8 Å². The molecule has 3 nitrogen and oxygen atoms in total. The topological polar surface area (TPSA) is 57.5 Å². The Morgan fingerprint density at radius 2 is 2.25 bits per heavy atom. The van der Waals surface area contributed by atoms with Crippen molar-refractivity contribution in [2.75, 3.05) is 0 Å². The number of rotatable bonds is 2. The van der Waals surface area contributed by atoms with Crippen molar-refractivity contribution in [3.63, 3.8) is 0 Å². The highest BCUT2D eigenvalue weighted by atomic mass is 32.2. The van der Waals surface area contributed by atoms with E-state index < -0.39 is 16.8 Å². The summed E-state index contributed by atoms with van der Waals surface area (Å²) in [5.74, 6) is -1.19. The van der Waals surface area contributed by atoms with Crippen LogP contribution in [0.3, 0.4) is 0 Å². The molecule has 0 saturated heterocycles. The first-order chi connectivity index (χ1) is 5.55. The van der Waals surface area contributed by atoms with Crippen LogP contribution in [0.4, 0.5) is 0 Å². The first kappa shape index (κ1) is 9.35. The fourth-order valence-corrected chi connectivity index (χ4v) is 1.73. The van der Waals surface area contributed by atoms with Crippen LogP contribution in [0, 0.1) is 0 Å². The van der Waals surface area contributed by atoms with Gasteiger partial charge in [-0.05, 0) is 12.3 Å². The van der Waals surface area contributed by atoms with Gasteiger partial charge >= 0.3 is 5.97 Å². The maximum absolute atomic E-state index is 10.6. The summed E-state index contributed by atoms with van der Waals surface area (Å²) in [4.78, 5) is 10.6. The summed E-state index contributed by atoms with van der Waals surface area (Å²) in [7, 11) is 0. The molecule has 0 bridgehead atoms. The summed E-state index contributed by atoms with van der Waals surface area (Å²) >= 11 is 1.30. The van der Waals surface area contributed by atoms with Gasteiger partial charge < -0.3 is 10.2 Å². The fraction of sp³-hybridized carbons (Fsp3) is 0.375. The highest BCUT2D eigenvalue weighted by Gasteiger charge is 2.38. The lowest BCUT2D eigenvalue weighted by atomic mass is 10.0. The van der Waals surface area contributed by atoms with E-state index in [2.05, 4.69) is 0 Å². The van der Waals surface area contributed by atoms with Gasteiger partial charge in [0, 0.05) is 0 Å². The van der Waals surface area contributed by atoms with Gasteiger partial charge in [0.25, 0.3) is 0 Å². The van der Waals surface area contributed by atoms with Gasteiger partial charge in [0.2, 0.25) is 0 Å². The highest BCUT2D eigenvalue weighted by molar-refractivity contribution is 8.03. The number of carboxylic acids is 1. The molecule has 66 valence electrons. The van der Waals surface area contributed by atoms with Crippen LogP contribution in [0.25, 0.3) is 0 Å². The largest absolute Gasteiger partial charge is 0.479 e. The molecule has 1 aliphatic rings. The molecule has 12 heavy (non-hydrogen) atoms. The molecule has 0 aliphatic carbocycles. The van der Waals surface area contributed by atoms with E-state index in [4.69, 9.17) is 5.11 Å². The van der Waals surface area contributed by atoms with E-state index in [-0.39, 0.29) is 0 Å². The number of aliphatic hydroxyl groups is 1. The van der Waals surface area contributed by atoms with Gasteiger partial charge in [-0.3, -0.25) is 0 Å². The van der Waals surface area contributed by atoms with E-state index in [9.17, 15) is 9.90 Å². The first-order valence-electron chi connectivity index (χ1n) is 3.49. The van der Waals surface area contributed by atoms with Crippen LogP contribution < -0.4 is 0 Å². The lowest BCUT2D eigenvalue weighted by molar-refractivity contribution is -0.155.